The number of nitrogens with zero attached hydrogens (tertiary/aromatic N) is 4. The fourth-order valence-corrected chi connectivity index (χ4v) is 2.58. The molecule has 1 N–H and O–H groups in total. The van der Waals surface area contributed by atoms with Gasteiger partial charge in [0.05, 0.1) is 5.69 Å². The molecule has 0 bridgehead atoms. The first kappa shape index (κ1) is 15.2. The van der Waals surface area contributed by atoms with Crippen molar-refractivity contribution >= 4 is 15.9 Å². The lowest BCUT2D eigenvalue weighted by molar-refractivity contribution is 0.595. The number of imidazole rings is 1. The first-order chi connectivity index (χ1) is 10.1. The molecule has 0 radical (unpaired) electrons. The van der Waals surface area contributed by atoms with Crippen LogP contribution >= 0.6 is 15.9 Å². The molecule has 0 aliphatic heterocycles. The third kappa shape index (κ3) is 2.97. The van der Waals surface area contributed by atoms with Crippen molar-refractivity contribution in [3.8, 4) is 17.8 Å². The second-order valence-electron chi connectivity index (χ2n) is 4.52. The minimum atomic E-state index is 0.123. The molecule has 1 unspecified atom stereocenters. The zero-order chi connectivity index (χ0) is 15.4. The summed E-state index contributed by atoms with van der Waals surface area (Å²) in [7, 11) is 0. The van der Waals surface area contributed by atoms with Gasteiger partial charge in [-0.05, 0) is 31.2 Å². The van der Waals surface area contributed by atoms with E-state index in [1.165, 1.54) is 6.33 Å². The number of hydrogen-bond acceptors (Lipinski definition) is 4. The van der Waals surface area contributed by atoms with Gasteiger partial charge in [0.15, 0.2) is 11.4 Å². The summed E-state index contributed by atoms with van der Waals surface area (Å²) in [6.45, 7) is 4.94. The van der Waals surface area contributed by atoms with E-state index in [1.54, 1.807) is 4.57 Å². The van der Waals surface area contributed by atoms with Gasteiger partial charge in [-0.3, -0.25) is 4.57 Å². The van der Waals surface area contributed by atoms with Crippen LogP contribution in [0.1, 0.15) is 36.8 Å². The average Bonchev–Trinajstić information content (AvgIpc) is 2.89. The number of hydrogen-bond donors (Lipinski definition) is 1. The van der Waals surface area contributed by atoms with Crippen molar-refractivity contribution in [3.05, 3.63) is 46.0 Å². The van der Waals surface area contributed by atoms with Crippen molar-refractivity contribution in [2.24, 2.45) is 0 Å². The molecule has 1 heterocycles. The predicted molar refractivity (Wildman–Crippen MR) is 82.8 cm³/mol. The third-order valence-electron chi connectivity index (χ3n) is 3.21. The molecule has 0 aliphatic rings. The topological polar surface area (TPSA) is 77.4 Å². The molecule has 106 valence electrons. The summed E-state index contributed by atoms with van der Waals surface area (Å²) in [6, 6.07) is 10.0. The molecule has 2 rings (SSSR count). The van der Waals surface area contributed by atoms with E-state index < -0.39 is 0 Å². The second-order valence-corrected chi connectivity index (χ2v) is 5.43. The normalized spacial score (nSPS) is 11.7. The Balaban J connectivity index is 2.64. The summed E-state index contributed by atoms with van der Waals surface area (Å²) < 4.78 is 2.56. The summed E-state index contributed by atoms with van der Waals surface area (Å²) in [5.41, 5.74) is 2.27. The molecule has 0 saturated carbocycles. The van der Waals surface area contributed by atoms with Crippen LogP contribution in [0.3, 0.4) is 0 Å². The maximum atomic E-state index is 9.29. The Morgan fingerprint density at radius 2 is 2.14 bits per heavy atom. The Morgan fingerprint density at radius 3 is 2.76 bits per heavy atom. The van der Waals surface area contributed by atoms with Crippen molar-refractivity contribution < 1.29 is 0 Å². The monoisotopic (exact) mass is 343 g/mol. The van der Waals surface area contributed by atoms with E-state index in [1.807, 2.05) is 31.2 Å². The lowest BCUT2D eigenvalue weighted by Gasteiger charge is -2.18. The highest BCUT2D eigenvalue weighted by atomic mass is 79.9. The van der Waals surface area contributed by atoms with Crippen LogP contribution in [0.25, 0.3) is 5.69 Å². The van der Waals surface area contributed by atoms with Crippen molar-refractivity contribution in [2.45, 2.75) is 19.9 Å². The Kier molecular flexibility index (Phi) is 4.74. The van der Waals surface area contributed by atoms with Gasteiger partial charge in [0.25, 0.3) is 0 Å². The molecule has 1 atom stereocenters. The van der Waals surface area contributed by atoms with E-state index >= 15 is 0 Å². The molecule has 0 fully saturated rings. The lowest BCUT2D eigenvalue weighted by atomic mass is 10.1. The molecular weight excluding hydrogens is 330 g/mol. The highest BCUT2D eigenvalue weighted by molar-refractivity contribution is 9.10. The molecule has 1 aromatic heterocycles. The van der Waals surface area contributed by atoms with Gasteiger partial charge in [-0.1, -0.05) is 28.9 Å². The van der Waals surface area contributed by atoms with Crippen molar-refractivity contribution in [1.82, 2.24) is 14.9 Å². The van der Waals surface area contributed by atoms with Crippen LogP contribution in [0.5, 0.6) is 0 Å². The molecule has 1 aromatic carbocycles. The second kappa shape index (κ2) is 6.53. The zero-order valence-corrected chi connectivity index (χ0v) is 13.3. The predicted octanol–water partition coefficient (Wildman–Crippen LogP) is 3.05. The smallest absolute Gasteiger partial charge is 0.177 e. The molecule has 0 aliphatic carbocycles. The minimum Gasteiger partial charge on any atom is -0.310 e. The summed E-state index contributed by atoms with van der Waals surface area (Å²) in [6.07, 6.45) is 1.51. The quantitative estimate of drug-likeness (QED) is 0.925. The zero-order valence-electron chi connectivity index (χ0n) is 11.8. The number of benzene rings is 1. The van der Waals surface area contributed by atoms with E-state index in [9.17, 15) is 5.26 Å². The van der Waals surface area contributed by atoms with Crippen LogP contribution in [-0.4, -0.2) is 16.1 Å². The van der Waals surface area contributed by atoms with Crippen LogP contribution in [0, 0.1) is 22.7 Å². The van der Waals surface area contributed by atoms with Gasteiger partial charge >= 0.3 is 0 Å². The first-order valence-electron chi connectivity index (χ1n) is 6.53. The molecule has 2 aromatic rings. The Hall–Kier alpha value is -2.15. The summed E-state index contributed by atoms with van der Waals surface area (Å²) in [5.74, 6) is 0. The number of nitriles is 2. The van der Waals surface area contributed by atoms with Crippen LogP contribution in [0.15, 0.2) is 29.0 Å². The third-order valence-corrected chi connectivity index (χ3v) is 3.70. The number of nitrogens with one attached hydrogen (secondary N) is 1. The minimum absolute atomic E-state index is 0.123. The summed E-state index contributed by atoms with van der Waals surface area (Å²) >= 11 is 3.45. The van der Waals surface area contributed by atoms with E-state index in [-0.39, 0.29) is 17.4 Å². The maximum absolute atomic E-state index is 9.29. The average molecular weight is 344 g/mol. The van der Waals surface area contributed by atoms with Crippen molar-refractivity contribution in [3.63, 3.8) is 0 Å². The maximum Gasteiger partial charge on any atom is 0.177 e. The van der Waals surface area contributed by atoms with Crippen molar-refractivity contribution in [1.29, 1.82) is 10.5 Å². The Bertz CT molecular complexity index is 735. The lowest BCUT2D eigenvalue weighted by Crippen LogP contribution is -2.19. The molecule has 0 saturated heterocycles. The summed E-state index contributed by atoms with van der Waals surface area (Å²) in [4.78, 5) is 4.00. The highest BCUT2D eigenvalue weighted by Crippen LogP contribution is 2.27. The largest absolute Gasteiger partial charge is 0.310 e. The highest BCUT2D eigenvalue weighted by Gasteiger charge is 2.17. The number of aromatic nitrogens is 2. The van der Waals surface area contributed by atoms with Gasteiger partial charge in [0, 0.05) is 10.5 Å². The molecule has 0 amide bonds. The van der Waals surface area contributed by atoms with Gasteiger partial charge < -0.3 is 5.32 Å². The Morgan fingerprint density at radius 1 is 1.38 bits per heavy atom. The van der Waals surface area contributed by atoms with Gasteiger partial charge in [0.1, 0.15) is 18.5 Å². The van der Waals surface area contributed by atoms with Crippen molar-refractivity contribution in [2.75, 3.05) is 6.54 Å². The van der Waals surface area contributed by atoms with E-state index in [4.69, 9.17) is 5.26 Å². The Labute approximate surface area is 132 Å². The molecule has 21 heavy (non-hydrogen) atoms. The van der Waals surface area contributed by atoms with Crippen LogP contribution in [0.2, 0.25) is 0 Å². The van der Waals surface area contributed by atoms with Crippen LogP contribution in [0.4, 0.5) is 0 Å². The fraction of sp³-hybridized carbons (Fsp3) is 0.267. The van der Waals surface area contributed by atoms with E-state index in [0.29, 0.717) is 0 Å². The van der Waals surface area contributed by atoms with Gasteiger partial charge in [-0.2, -0.15) is 10.5 Å². The fourth-order valence-electron chi connectivity index (χ4n) is 2.23. The number of rotatable bonds is 4. The van der Waals surface area contributed by atoms with E-state index in [2.05, 4.69) is 39.2 Å². The standard InChI is InChI=1S/C15H14BrN5/c1-3-19-10(2)12-5-4-11(16)6-14(12)21-9-20-13(7-17)15(21)8-18/h4-6,9-10,19H,3H2,1-2H3. The molecular formula is C15H14BrN5. The molecule has 5 nitrogen and oxygen atoms in total. The van der Waals surface area contributed by atoms with Crippen LogP contribution < -0.4 is 5.32 Å². The number of halogens is 1. The van der Waals surface area contributed by atoms with Gasteiger partial charge in [-0.25, -0.2) is 4.98 Å². The van der Waals surface area contributed by atoms with Crippen LogP contribution in [-0.2, 0) is 0 Å². The molecule has 6 heteroatoms. The van der Waals surface area contributed by atoms with Gasteiger partial charge in [-0.15, -0.1) is 0 Å². The first-order valence-corrected chi connectivity index (χ1v) is 7.32. The molecule has 0 spiro atoms. The van der Waals surface area contributed by atoms with E-state index in [0.717, 1.165) is 22.3 Å². The summed E-state index contributed by atoms with van der Waals surface area (Å²) in [5, 5.41) is 21.7. The SMILES string of the molecule is CCNC(C)c1ccc(Br)cc1-n1cnc(C#N)c1C#N. The van der Waals surface area contributed by atoms with Gasteiger partial charge in [0.2, 0.25) is 0 Å².